The molecule has 0 bridgehead atoms. The van der Waals surface area contributed by atoms with Crippen LogP contribution in [0.3, 0.4) is 0 Å². The Morgan fingerprint density at radius 1 is 0.821 bits per heavy atom. The maximum Gasteiger partial charge on any atom is 0.325 e. The van der Waals surface area contributed by atoms with E-state index in [0.717, 1.165) is 63.5 Å². The van der Waals surface area contributed by atoms with Crippen LogP contribution in [0.1, 0.15) is 35.0 Å². The summed E-state index contributed by atoms with van der Waals surface area (Å²) in [6, 6.07) is 28.5. The van der Waals surface area contributed by atoms with E-state index in [9.17, 15) is 4.79 Å². The van der Waals surface area contributed by atoms with E-state index in [1.165, 1.54) is 7.11 Å². The van der Waals surface area contributed by atoms with Gasteiger partial charge in [-0.15, -0.1) is 0 Å². The Bertz CT molecular complexity index is 1580. The van der Waals surface area contributed by atoms with Crippen molar-refractivity contribution in [1.82, 2.24) is 9.55 Å². The first-order valence-electron chi connectivity index (χ1n) is 12.7. The third-order valence-corrected chi connectivity index (χ3v) is 7.87. The van der Waals surface area contributed by atoms with E-state index in [0.29, 0.717) is 10.0 Å². The quantitative estimate of drug-likeness (QED) is 0.138. The van der Waals surface area contributed by atoms with Crippen molar-refractivity contribution in [2.75, 3.05) is 7.11 Å². The second kappa shape index (κ2) is 11.4. The number of halogens is 3. The van der Waals surface area contributed by atoms with E-state index < -0.39 is 11.4 Å². The van der Waals surface area contributed by atoms with Crippen LogP contribution >= 0.6 is 34.8 Å². The Balaban J connectivity index is 1.73. The highest BCUT2D eigenvalue weighted by atomic mass is 35.5. The summed E-state index contributed by atoms with van der Waals surface area (Å²) in [5.74, 6) is 0.568. The molecule has 4 nitrogen and oxygen atoms in total. The van der Waals surface area contributed by atoms with Gasteiger partial charge in [-0.25, -0.2) is 4.98 Å². The van der Waals surface area contributed by atoms with Crippen LogP contribution in [-0.2, 0) is 34.3 Å². The van der Waals surface area contributed by atoms with Crippen molar-refractivity contribution in [3.8, 4) is 0 Å². The average Bonchev–Trinajstić information content (AvgIpc) is 3.31. The van der Waals surface area contributed by atoms with E-state index in [1.807, 2.05) is 54.6 Å². The van der Waals surface area contributed by atoms with Gasteiger partial charge in [0.25, 0.3) is 0 Å². The molecular weight excluding hydrogens is 551 g/mol. The van der Waals surface area contributed by atoms with Gasteiger partial charge in [-0.3, -0.25) is 4.79 Å². The fourth-order valence-corrected chi connectivity index (χ4v) is 5.73. The Hall–Kier alpha value is -3.31. The molecule has 0 amide bonds. The molecule has 0 aliphatic rings. The van der Waals surface area contributed by atoms with Crippen molar-refractivity contribution in [2.24, 2.45) is 0 Å². The predicted molar refractivity (Wildman–Crippen MR) is 159 cm³/mol. The van der Waals surface area contributed by atoms with Gasteiger partial charge in [0.05, 0.1) is 18.1 Å². The van der Waals surface area contributed by atoms with Gasteiger partial charge in [-0.05, 0) is 77.2 Å². The van der Waals surface area contributed by atoms with E-state index in [2.05, 4.69) is 23.6 Å². The molecule has 0 atom stereocenters. The number of hydrogen-bond acceptors (Lipinski definition) is 3. The summed E-state index contributed by atoms with van der Waals surface area (Å²) in [7, 11) is 1.41. The van der Waals surface area contributed by atoms with Crippen LogP contribution in [0.2, 0.25) is 15.1 Å². The van der Waals surface area contributed by atoms with Crippen molar-refractivity contribution in [2.45, 2.75) is 31.7 Å². The number of rotatable bonds is 8. The number of methoxy groups -OCH3 is 1. The summed E-state index contributed by atoms with van der Waals surface area (Å²) in [6.45, 7) is 2.81. The largest absolute Gasteiger partial charge is 0.468 e. The number of nitrogens with zero attached hydrogens (tertiary/aromatic N) is 2. The van der Waals surface area contributed by atoms with Crippen LogP contribution < -0.4 is 0 Å². The number of ether oxygens (including phenoxy) is 1. The van der Waals surface area contributed by atoms with Gasteiger partial charge in [0, 0.05) is 28.0 Å². The molecule has 5 rings (SSSR count). The molecule has 0 saturated carbocycles. The molecule has 0 spiro atoms. The van der Waals surface area contributed by atoms with Crippen LogP contribution in [0.5, 0.6) is 0 Å². The normalized spacial score (nSPS) is 11.6. The van der Waals surface area contributed by atoms with Crippen molar-refractivity contribution in [3.63, 3.8) is 0 Å². The Morgan fingerprint density at radius 3 is 2.00 bits per heavy atom. The number of carbonyl (C=O) groups excluding carboxylic acids is 1. The second-order valence-electron chi connectivity index (χ2n) is 9.37. The summed E-state index contributed by atoms with van der Waals surface area (Å²) in [6.07, 6.45) is 1.57. The number of imidazole rings is 1. The topological polar surface area (TPSA) is 44.1 Å². The standard InChI is InChI=1S/C32H27Cl3N2O2/c1-3-30-36-28-16-11-24(20-29(28)37(30)18-17-21-5-4-6-27(35)19-21)32(31(38)39-2,22-7-12-25(33)13-8-22)23-9-14-26(34)15-10-23/h4-16,19-20H,3,17-18H2,1-2H3. The molecule has 1 heterocycles. The average molecular weight is 578 g/mol. The minimum atomic E-state index is -1.26. The summed E-state index contributed by atoms with van der Waals surface area (Å²) in [4.78, 5) is 18.8. The molecule has 0 radical (unpaired) electrons. The first-order chi connectivity index (χ1) is 18.9. The predicted octanol–water partition coefficient (Wildman–Crippen LogP) is 8.31. The van der Waals surface area contributed by atoms with Gasteiger partial charge < -0.3 is 9.30 Å². The first kappa shape index (κ1) is 27.3. The minimum Gasteiger partial charge on any atom is -0.468 e. The molecular formula is C32H27Cl3N2O2. The van der Waals surface area contributed by atoms with Crippen LogP contribution in [-0.4, -0.2) is 22.6 Å². The van der Waals surface area contributed by atoms with Crippen LogP contribution in [0.4, 0.5) is 0 Å². The van der Waals surface area contributed by atoms with Gasteiger partial charge in [0.1, 0.15) is 11.2 Å². The summed E-state index contributed by atoms with van der Waals surface area (Å²) in [5, 5.41) is 1.88. The third kappa shape index (κ3) is 5.17. The van der Waals surface area contributed by atoms with Gasteiger partial charge >= 0.3 is 5.97 Å². The number of fused-ring (bicyclic) bond motifs is 1. The zero-order chi connectivity index (χ0) is 27.6. The number of aromatic nitrogens is 2. The number of carbonyl (C=O) groups is 1. The van der Waals surface area contributed by atoms with Crippen LogP contribution in [0.15, 0.2) is 91.0 Å². The Morgan fingerprint density at radius 2 is 1.44 bits per heavy atom. The maximum atomic E-state index is 13.9. The van der Waals surface area contributed by atoms with E-state index in [1.54, 1.807) is 24.3 Å². The smallest absolute Gasteiger partial charge is 0.325 e. The monoisotopic (exact) mass is 576 g/mol. The summed E-state index contributed by atoms with van der Waals surface area (Å²) < 4.78 is 7.71. The lowest BCUT2D eigenvalue weighted by molar-refractivity contribution is -0.144. The highest BCUT2D eigenvalue weighted by molar-refractivity contribution is 6.31. The molecule has 0 saturated heterocycles. The van der Waals surface area contributed by atoms with Crippen molar-refractivity contribution < 1.29 is 9.53 Å². The molecule has 0 unspecified atom stereocenters. The van der Waals surface area contributed by atoms with Crippen molar-refractivity contribution in [1.29, 1.82) is 0 Å². The molecule has 198 valence electrons. The number of hydrogen-bond donors (Lipinski definition) is 0. The van der Waals surface area contributed by atoms with E-state index in [4.69, 9.17) is 44.5 Å². The molecule has 5 aromatic rings. The van der Waals surface area contributed by atoms with Gasteiger partial charge in [0.2, 0.25) is 0 Å². The van der Waals surface area contributed by atoms with Crippen LogP contribution in [0.25, 0.3) is 11.0 Å². The summed E-state index contributed by atoms with van der Waals surface area (Å²) >= 11 is 18.7. The van der Waals surface area contributed by atoms with Crippen LogP contribution in [0, 0.1) is 0 Å². The molecule has 7 heteroatoms. The van der Waals surface area contributed by atoms with Gasteiger partial charge in [-0.1, -0.05) is 84.2 Å². The lowest BCUT2D eigenvalue weighted by Gasteiger charge is -2.33. The molecule has 0 aliphatic heterocycles. The van der Waals surface area contributed by atoms with E-state index >= 15 is 0 Å². The molecule has 0 aliphatic carbocycles. The zero-order valence-electron chi connectivity index (χ0n) is 21.6. The third-order valence-electron chi connectivity index (χ3n) is 7.14. The maximum absolute atomic E-state index is 13.9. The lowest BCUT2D eigenvalue weighted by atomic mass is 9.69. The highest BCUT2D eigenvalue weighted by Crippen LogP contribution is 2.42. The minimum absolute atomic E-state index is 0.410. The summed E-state index contributed by atoms with van der Waals surface area (Å²) in [5.41, 5.74) is 3.94. The zero-order valence-corrected chi connectivity index (χ0v) is 23.9. The first-order valence-corrected chi connectivity index (χ1v) is 13.8. The molecule has 0 N–H and O–H groups in total. The highest BCUT2D eigenvalue weighted by Gasteiger charge is 2.45. The molecule has 39 heavy (non-hydrogen) atoms. The van der Waals surface area contributed by atoms with E-state index in [-0.39, 0.29) is 0 Å². The van der Waals surface area contributed by atoms with Crippen molar-refractivity contribution >= 4 is 51.8 Å². The second-order valence-corrected chi connectivity index (χ2v) is 10.7. The fraction of sp³-hybridized carbons (Fsp3) is 0.188. The Labute approximate surface area is 243 Å². The fourth-order valence-electron chi connectivity index (χ4n) is 5.27. The lowest BCUT2D eigenvalue weighted by Crippen LogP contribution is -2.39. The molecule has 4 aromatic carbocycles. The Kier molecular flexibility index (Phi) is 7.99. The van der Waals surface area contributed by atoms with Gasteiger partial charge in [-0.2, -0.15) is 0 Å². The number of benzene rings is 4. The number of aryl methyl sites for hydroxylation is 3. The van der Waals surface area contributed by atoms with Crippen molar-refractivity contribution in [3.05, 3.63) is 134 Å². The SMILES string of the molecule is CCc1nc2ccc(C(C(=O)OC)(c3ccc(Cl)cc3)c3ccc(Cl)cc3)cc2n1CCc1cccc(Cl)c1. The van der Waals surface area contributed by atoms with Gasteiger partial charge in [0.15, 0.2) is 0 Å². The number of esters is 1. The molecule has 1 aromatic heterocycles. The molecule has 0 fully saturated rings.